The minimum absolute atomic E-state index is 0.0943. The Bertz CT molecular complexity index is 665. The van der Waals surface area contributed by atoms with Crippen LogP contribution in [0, 0.1) is 0 Å². The minimum Gasteiger partial charge on any atom is -0.481 e. The SMILES string of the molecule is CCN(CC)S(=O)(=O)c1ccc(O[C@H](C)C(=O)N2CCOCC2)cc1. The minimum atomic E-state index is -3.49. The number of carbonyl (C=O) groups excluding carboxylic acids is 1. The zero-order valence-electron chi connectivity index (χ0n) is 15.0. The van der Waals surface area contributed by atoms with E-state index in [-0.39, 0.29) is 10.8 Å². The van der Waals surface area contributed by atoms with Crippen molar-refractivity contribution in [2.75, 3.05) is 39.4 Å². The predicted octanol–water partition coefficient (Wildman–Crippen LogP) is 1.34. The first-order chi connectivity index (χ1) is 11.9. The smallest absolute Gasteiger partial charge is 0.263 e. The number of hydrogen-bond acceptors (Lipinski definition) is 5. The van der Waals surface area contributed by atoms with Crippen molar-refractivity contribution in [1.29, 1.82) is 0 Å². The molecular weight excluding hydrogens is 344 g/mol. The molecule has 0 unspecified atom stereocenters. The van der Waals surface area contributed by atoms with Crippen LogP contribution >= 0.6 is 0 Å². The van der Waals surface area contributed by atoms with Crippen LogP contribution in [0.1, 0.15) is 20.8 Å². The molecule has 0 bridgehead atoms. The first-order valence-corrected chi connectivity index (χ1v) is 9.97. The van der Waals surface area contributed by atoms with Crippen molar-refractivity contribution in [3.63, 3.8) is 0 Å². The average Bonchev–Trinajstić information content (AvgIpc) is 2.63. The van der Waals surface area contributed by atoms with Crippen molar-refractivity contribution in [3.05, 3.63) is 24.3 Å². The van der Waals surface area contributed by atoms with E-state index in [9.17, 15) is 13.2 Å². The third-order valence-corrected chi connectivity index (χ3v) is 6.21. The highest BCUT2D eigenvalue weighted by Crippen LogP contribution is 2.20. The molecule has 140 valence electrons. The standard InChI is InChI=1S/C17H26N2O5S/c1-4-19(5-2)25(21,22)16-8-6-15(7-9-16)24-14(3)17(20)18-10-12-23-13-11-18/h6-9,14H,4-5,10-13H2,1-3H3/t14-/m1/s1. The summed E-state index contributed by atoms with van der Waals surface area (Å²) in [4.78, 5) is 14.3. The van der Waals surface area contributed by atoms with Gasteiger partial charge < -0.3 is 14.4 Å². The number of ether oxygens (including phenoxy) is 2. The molecule has 1 aliphatic rings. The Morgan fingerprint density at radius 2 is 1.76 bits per heavy atom. The summed E-state index contributed by atoms with van der Waals surface area (Å²) >= 11 is 0. The summed E-state index contributed by atoms with van der Waals surface area (Å²) < 4.78 is 37.2. The van der Waals surface area contributed by atoms with Gasteiger partial charge in [-0.15, -0.1) is 0 Å². The van der Waals surface area contributed by atoms with Gasteiger partial charge in [0, 0.05) is 26.2 Å². The number of sulfonamides is 1. The highest BCUT2D eigenvalue weighted by molar-refractivity contribution is 7.89. The van der Waals surface area contributed by atoms with Crippen molar-refractivity contribution in [3.8, 4) is 5.75 Å². The molecular formula is C17H26N2O5S. The zero-order chi connectivity index (χ0) is 18.4. The van der Waals surface area contributed by atoms with Gasteiger partial charge in [0.15, 0.2) is 6.10 Å². The molecule has 1 aromatic rings. The van der Waals surface area contributed by atoms with Crippen molar-refractivity contribution < 1.29 is 22.7 Å². The van der Waals surface area contributed by atoms with Gasteiger partial charge in [0.05, 0.1) is 18.1 Å². The number of amides is 1. The molecule has 1 saturated heterocycles. The topological polar surface area (TPSA) is 76.2 Å². The van der Waals surface area contributed by atoms with Crippen LogP contribution in [0.2, 0.25) is 0 Å². The molecule has 1 fully saturated rings. The van der Waals surface area contributed by atoms with E-state index in [2.05, 4.69) is 0 Å². The maximum absolute atomic E-state index is 12.5. The van der Waals surface area contributed by atoms with Crippen molar-refractivity contribution in [1.82, 2.24) is 9.21 Å². The van der Waals surface area contributed by atoms with E-state index in [0.717, 1.165) is 0 Å². The molecule has 25 heavy (non-hydrogen) atoms. The summed E-state index contributed by atoms with van der Waals surface area (Å²) in [7, 11) is -3.49. The highest BCUT2D eigenvalue weighted by atomic mass is 32.2. The lowest BCUT2D eigenvalue weighted by molar-refractivity contribution is -0.142. The van der Waals surface area contributed by atoms with Gasteiger partial charge in [0.25, 0.3) is 5.91 Å². The molecule has 0 radical (unpaired) electrons. The van der Waals surface area contributed by atoms with Crippen LogP contribution in [-0.4, -0.2) is 69.0 Å². The molecule has 0 N–H and O–H groups in total. The fourth-order valence-corrected chi connectivity index (χ4v) is 4.16. The van der Waals surface area contributed by atoms with Gasteiger partial charge in [-0.3, -0.25) is 4.79 Å². The Kier molecular flexibility index (Phi) is 6.80. The van der Waals surface area contributed by atoms with Gasteiger partial charge in [-0.1, -0.05) is 13.8 Å². The molecule has 2 rings (SSSR count). The van der Waals surface area contributed by atoms with Gasteiger partial charge in [0.1, 0.15) is 5.75 Å². The van der Waals surface area contributed by atoms with Crippen LogP contribution in [-0.2, 0) is 19.6 Å². The number of morpholine rings is 1. The third kappa shape index (κ3) is 4.71. The monoisotopic (exact) mass is 370 g/mol. The molecule has 1 amide bonds. The van der Waals surface area contributed by atoms with Crippen LogP contribution < -0.4 is 4.74 Å². The summed E-state index contributed by atoms with van der Waals surface area (Å²) in [6.07, 6.45) is -0.636. The van der Waals surface area contributed by atoms with Crippen LogP contribution in [0.25, 0.3) is 0 Å². The maximum Gasteiger partial charge on any atom is 0.263 e. The number of carbonyl (C=O) groups is 1. The fraction of sp³-hybridized carbons (Fsp3) is 0.588. The van der Waals surface area contributed by atoms with E-state index in [1.807, 2.05) is 0 Å². The highest BCUT2D eigenvalue weighted by Gasteiger charge is 2.24. The van der Waals surface area contributed by atoms with Gasteiger partial charge in [0.2, 0.25) is 10.0 Å². The number of rotatable bonds is 7. The second-order valence-electron chi connectivity index (χ2n) is 5.76. The van der Waals surface area contributed by atoms with E-state index in [0.29, 0.717) is 45.1 Å². The predicted molar refractivity (Wildman–Crippen MR) is 94.0 cm³/mol. The molecule has 0 aromatic heterocycles. The quantitative estimate of drug-likeness (QED) is 0.724. The fourth-order valence-electron chi connectivity index (χ4n) is 2.70. The molecule has 0 spiro atoms. The lowest BCUT2D eigenvalue weighted by atomic mass is 10.3. The first-order valence-electron chi connectivity index (χ1n) is 8.53. The second-order valence-corrected chi connectivity index (χ2v) is 7.70. The van der Waals surface area contributed by atoms with Gasteiger partial charge in [-0.2, -0.15) is 4.31 Å². The summed E-state index contributed by atoms with van der Waals surface area (Å²) in [5.74, 6) is 0.371. The van der Waals surface area contributed by atoms with E-state index in [1.54, 1.807) is 37.8 Å². The van der Waals surface area contributed by atoms with Crippen LogP contribution in [0.5, 0.6) is 5.75 Å². The summed E-state index contributed by atoms with van der Waals surface area (Å²) in [5, 5.41) is 0. The van der Waals surface area contributed by atoms with Gasteiger partial charge in [-0.25, -0.2) is 8.42 Å². The Balaban J connectivity index is 2.03. The van der Waals surface area contributed by atoms with E-state index in [4.69, 9.17) is 9.47 Å². The van der Waals surface area contributed by atoms with E-state index >= 15 is 0 Å². The molecule has 0 saturated carbocycles. The van der Waals surface area contributed by atoms with Crippen molar-refractivity contribution in [2.24, 2.45) is 0 Å². The summed E-state index contributed by atoms with van der Waals surface area (Å²) in [5.41, 5.74) is 0. The Labute approximate surface area is 149 Å². The molecule has 8 heteroatoms. The van der Waals surface area contributed by atoms with Gasteiger partial charge >= 0.3 is 0 Å². The molecule has 1 aromatic carbocycles. The largest absolute Gasteiger partial charge is 0.481 e. The molecule has 1 aliphatic heterocycles. The molecule has 1 heterocycles. The maximum atomic E-state index is 12.5. The molecule has 0 aliphatic carbocycles. The van der Waals surface area contributed by atoms with Crippen LogP contribution in [0.15, 0.2) is 29.2 Å². The lowest BCUT2D eigenvalue weighted by Gasteiger charge is -2.29. The van der Waals surface area contributed by atoms with Crippen LogP contribution in [0.4, 0.5) is 0 Å². The molecule has 1 atom stereocenters. The van der Waals surface area contributed by atoms with Crippen molar-refractivity contribution >= 4 is 15.9 Å². The normalized spacial score (nSPS) is 16.7. The summed E-state index contributed by atoms with van der Waals surface area (Å²) in [6.45, 7) is 8.34. The molecule has 7 nitrogen and oxygen atoms in total. The zero-order valence-corrected chi connectivity index (χ0v) is 15.8. The second kappa shape index (κ2) is 8.64. The van der Waals surface area contributed by atoms with Gasteiger partial charge in [-0.05, 0) is 31.2 Å². The first kappa shape index (κ1) is 19.7. The van der Waals surface area contributed by atoms with E-state index in [1.165, 1.54) is 16.4 Å². The summed E-state index contributed by atoms with van der Waals surface area (Å²) in [6, 6.07) is 6.18. The third-order valence-electron chi connectivity index (χ3n) is 4.15. The average molecular weight is 370 g/mol. The Morgan fingerprint density at radius 1 is 1.20 bits per heavy atom. The Morgan fingerprint density at radius 3 is 2.28 bits per heavy atom. The number of nitrogens with zero attached hydrogens (tertiary/aromatic N) is 2. The Hall–Kier alpha value is -1.64. The van der Waals surface area contributed by atoms with Crippen molar-refractivity contribution in [2.45, 2.75) is 31.8 Å². The van der Waals surface area contributed by atoms with Crippen LogP contribution in [0.3, 0.4) is 0 Å². The number of benzene rings is 1. The van der Waals surface area contributed by atoms with E-state index < -0.39 is 16.1 Å². The lowest BCUT2D eigenvalue weighted by Crippen LogP contribution is -2.46. The number of hydrogen-bond donors (Lipinski definition) is 0.